The second-order valence-electron chi connectivity index (χ2n) is 5.82. The minimum Gasteiger partial charge on any atom is -0.352 e. The number of carbonyl (C=O) groups is 1. The van der Waals surface area contributed by atoms with Crippen LogP contribution >= 0.6 is 23.4 Å². The maximum Gasteiger partial charge on any atom is 0.417 e. The lowest BCUT2D eigenvalue weighted by atomic mass is 10.3. The summed E-state index contributed by atoms with van der Waals surface area (Å²) in [5, 5.41) is 2.66. The molecule has 0 radical (unpaired) electrons. The maximum absolute atomic E-state index is 12.6. The molecule has 0 saturated heterocycles. The number of pyridine rings is 1. The zero-order valence-corrected chi connectivity index (χ0v) is 16.9. The van der Waals surface area contributed by atoms with Crippen molar-refractivity contribution in [1.29, 1.82) is 0 Å². The number of nitrogens with zero attached hydrogens (tertiary/aromatic N) is 3. The first kappa shape index (κ1) is 22.8. The van der Waals surface area contributed by atoms with Crippen molar-refractivity contribution in [2.24, 2.45) is 14.1 Å². The van der Waals surface area contributed by atoms with E-state index in [1.165, 1.54) is 30.9 Å². The summed E-state index contributed by atoms with van der Waals surface area (Å²) in [6, 6.07) is 0.798. The number of aryl methyl sites for hydroxylation is 1. The van der Waals surface area contributed by atoms with Crippen molar-refractivity contribution >= 4 is 35.3 Å². The van der Waals surface area contributed by atoms with Gasteiger partial charge in [0.15, 0.2) is 0 Å². The maximum atomic E-state index is 12.6. The number of nitrogens with one attached hydrogen (secondary N) is 1. The summed E-state index contributed by atoms with van der Waals surface area (Å²) >= 11 is 6.90. The Morgan fingerprint density at radius 2 is 2.03 bits per heavy atom. The number of hydrogen-bond acceptors (Lipinski definition) is 5. The van der Waals surface area contributed by atoms with E-state index in [1.54, 1.807) is 0 Å². The van der Waals surface area contributed by atoms with Crippen molar-refractivity contribution < 1.29 is 18.0 Å². The van der Waals surface area contributed by atoms with Crippen LogP contribution in [-0.2, 0) is 25.1 Å². The van der Waals surface area contributed by atoms with Gasteiger partial charge >= 0.3 is 11.9 Å². The molecule has 0 saturated carbocycles. The van der Waals surface area contributed by atoms with Gasteiger partial charge in [-0.25, -0.2) is 9.78 Å². The van der Waals surface area contributed by atoms with E-state index < -0.39 is 28.9 Å². The van der Waals surface area contributed by atoms with E-state index in [9.17, 15) is 27.6 Å². The minimum absolute atomic E-state index is 0.124. The van der Waals surface area contributed by atoms with Crippen LogP contribution in [0.1, 0.15) is 11.1 Å². The van der Waals surface area contributed by atoms with Crippen molar-refractivity contribution in [3.8, 4) is 0 Å². The predicted octanol–water partition coefficient (Wildman–Crippen LogP) is 2.07. The van der Waals surface area contributed by atoms with Crippen LogP contribution in [0.25, 0.3) is 6.08 Å². The molecule has 12 heteroatoms. The Kier molecular flexibility index (Phi) is 7.31. The topological polar surface area (TPSA) is 86.0 Å². The van der Waals surface area contributed by atoms with Gasteiger partial charge in [0.1, 0.15) is 5.03 Å². The summed E-state index contributed by atoms with van der Waals surface area (Å²) in [4.78, 5) is 39.1. The van der Waals surface area contributed by atoms with Gasteiger partial charge in [0, 0.05) is 44.9 Å². The predicted molar refractivity (Wildman–Crippen MR) is 104 cm³/mol. The van der Waals surface area contributed by atoms with E-state index in [0.29, 0.717) is 11.9 Å². The molecule has 1 N–H and O–H groups in total. The van der Waals surface area contributed by atoms with Crippen LogP contribution in [0.2, 0.25) is 5.02 Å². The van der Waals surface area contributed by atoms with Gasteiger partial charge in [-0.2, -0.15) is 13.2 Å². The van der Waals surface area contributed by atoms with Crippen LogP contribution < -0.4 is 16.6 Å². The molecule has 2 rings (SSSR count). The van der Waals surface area contributed by atoms with Crippen LogP contribution in [0.4, 0.5) is 13.2 Å². The van der Waals surface area contributed by atoms with Gasteiger partial charge in [0.25, 0.3) is 5.56 Å². The van der Waals surface area contributed by atoms with Crippen LogP contribution in [0.15, 0.2) is 39.2 Å². The SMILES string of the molecule is Cn1cc(/C=C/C(=O)NCCSc2ncc(C(F)(F)F)cc2Cl)c(=O)n(C)c1=O. The highest BCUT2D eigenvalue weighted by Crippen LogP contribution is 2.33. The molecule has 156 valence electrons. The molecule has 0 aromatic carbocycles. The first-order valence-electron chi connectivity index (χ1n) is 8.09. The molecule has 1 amide bonds. The Bertz CT molecular complexity index is 1060. The summed E-state index contributed by atoms with van der Waals surface area (Å²) in [7, 11) is 2.82. The molecular weight excluding hydrogens is 433 g/mol. The van der Waals surface area contributed by atoms with Gasteiger partial charge in [-0.05, 0) is 12.1 Å². The Balaban J connectivity index is 1.89. The van der Waals surface area contributed by atoms with E-state index in [4.69, 9.17) is 11.6 Å². The molecule has 7 nitrogen and oxygen atoms in total. The average Bonchev–Trinajstić information content (AvgIpc) is 2.65. The van der Waals surface area contributed by atoms with Crippen molar-refractivity contribution in [1.82, 2.24) is 19.4 Å². The smallest absolute Gasteiger partial charge is 0.352 e. The zero-order valence-electron chi connectivity index (χ0n) is 15.3. The Morgan fingerprint density at radius 3 is 2.66 bits per heavy atom. The highest BCUT2D eigenvalue weighted by atomic mass is 35.5. The highest BCUT2D eigenvalue weighted by Gasteiger charge is 2.31. The number of amides is 1. The van der Waals surface area contributed by atoms with Gasteiger partial charge in [-0.3, -0.25) is 14.2 Å². The number of carbonyl (C=O) groups excluding carboxylic acids is 1. The summed E-state index contributed by atoms with van der Waals surface area (Å²) < 4.78 is 39.9. The average molecular weight is 449 g/mol. The fourth-order valence-corrected chi connectivity index (χ4v) is 3.23. The Morgan fingerprint density at radius 1 is 1.34 bits per heavy atom. The van der Waals surface area contributed by atoms with Crippen molar-refractivity contribution in [2.75, 3.05) is 12.3 Å². The van der Waals surface area contributed by atoms with E-state index in [1.807, 2.05) is 0 Å². The molecule has 0 spiro atoms. The minimum atomic E-state index is -4.52. The molecule has 2 aromatic rings. The van der Waals surface area contributed by atoms with Gasteiger partial charge in [0.05, 0.1) is 16.1 Å². The summed E-state index contributed by atoms with van der Waals surface area (Å²) in [6.45, 7) is 0.193. The molecule has 0 aliphatic heterocycles. The van der Waals surface area contributed by atoms with Crippen LogP contribution in [0.5, 0.6) is 0 Å². The zero-order chi connectivity index (χ0) is 21.8. The largest absolute Gasteiger partial charge is 0.417 e. The lowest BCUT2D eigenvalue weighted by Crippen LogP contribution is -2.37. The third-order valence-electron chi connectivity index (χ3n) is 3.66. The molecule has 0 unspecified atom stereocenters. The third-order valence-corrected chi connectivity index (χ3v) is 5.07. The third kappa shape index (κ3) is 5.97. The Labute approximate surface area is 172 Å². The van der Waals surface area contributed by atoms with Crippen molar-refractivity contribution in [3.63, 3.8) is 0 Å². The highest BCUT2D eigenvalue weighted by molar-refractivity contribution is 7.99. The second kappa shape index (κ2) is 9.31. The number of hydrogen-bond donors (Lipinski definition) is 1. The summed E-state index contributed by atoms with van der Waals surface area (Å²) in [5.74, 6) is -0.160. The fourth-order valence-electron chi connectivity index (χ4n) is 2.18. The number of thioether (sulfide) groups is 1. The number of rotatable bonds is 6. The van der Waals surface area contributed by atoms with Crippen molar-refractivity contribution in [3.05, 3.63) is 61.5 Å². The number of alkyl halides is 3. The van der Waals surface area contributed by atoms with E-state index in [0.717, 1.165) is 28.5 Å². The number of halogens is 4. The molecule has 2 heterocycles. The van der Waals surface area contributed by atoms with E-state index in [-0.39, 0.29) is 22.2 Å². The summed E-state index contributed by atoms with van der Waals surface area (Å²) in [5.41, 5.74) is -1.78. The van der Waals surface area contributed by atoms with E-state index in [2.05, 4.69) is 10.3 Å². The van der Waals surface area contributed by atoms with Crippen LogP contribution in [-0.4, -0.2) is 32.3 Å². The molecule has 0 bridgehead atoms. The molecule has 2 aromatic heterocycles. The Hall–Kier alpha value is -2.53. The molecule has 0 aliphatic carbocycles. The van der Waals surface area contributed by atoms with E-state index >= 15 is 0 Å². The number of aromatic nitrogens is 3. The fraction of sp³-hybridized carbons (Fsp3) is 0.294. The van der Waals surface area contributed by atoms with Gasteiger partial charge < -0.3 is 9.88 Å². The second-order valence-corrected chi connectivity index (χ2v) is 7.31. The first-order chi connectivity index (χ1) is 13.5. The van der Waals surface area contributed by atoms with Crippen molar-refractivity contribution in [2.45, 2.75) is 11.2 Å². The monoisotopic (exact) mass is 448 g/mol. The van der Waals surface area contributed by atoms with Gasteiger partial charge in [-0.15, -0.1) is 11.8 Å². The normalized spacial score (nSPS) is 11.8. The standard InChI is InChI=1S/C17H16ClF3N4O3S/c1-24-9-10(15(27)25(2)16(24)28)3-4-13(26)22-5-6-29-14-12(18)7-11(8-23-14)17(19,20)21/h3-4,7-9H,5-6H2,1-2H3,(H,22,26)/b4-3+. The molecular formula is C17H16ClF3N4O3S. The molecule has 0 aliphatic rings. The van der Waals surface area contributed by atoms with Gasteiger partial charge in [-0.1, -0.05) is 11.6 Å². The molecule has 29 heavy (non-hydrogen) atoms. The summed E-state index contributed by atoms with van der Waals surface area (Å²) in [6.07, 6.45) is -0.0637. The van der Waals surface area contributed by atoms with Gasteiger partial charge in [0.2, 0.25) is 5.91 Å². The quantitative estimate of drug-likeness (QED) is 0.415. The lowest BCUT2D eigenvalue weighted by molar-refractivity contribution is -0.137. The first-order valence-corrected chi connectivity index (χ1v) is 9.45. The van der Waals surface area contributed by atoms with Crippen LogP contribution in [0.3, 0.4) is 0 Å². The lowest BCUT2D eigenvalue weighted by Gasteiger charge is -2.09. The molecule has 0 atom stereocenters. The molecule has 0 fully saturated rings. The van der Waals surface area contributed by atoms with Crippen LogP contribution in [0, 0.1) is 0 Å².